The highest BCUT2D eigenvalue weighted by molar-refractivity contribution is 7.13. The summed E-state index contributed by atoms with van der Waals surface area (Å²) >= 11 is 3.53. The van der Waals surface area contributed by atoms with E-state index in [0.717, 1.165) is 0 Å². The van der Waals surface area contributed by atoms with E-state index >= 15 is 0 Å². The number of hydrogen-bond acceptors (Lipinski definition) is 2. The van der Waals surface area contributed by atoms with E-state index in [1.807, 2.05) is 0 Å². The molecular weight excluding hydrogens is 392 g/mol. The van der Waals surface area contributed by atoms with Crippen LogP contribution >= 0.6 is 22.7 Å². The van der Waals surface area contributed by atoms with Gasteiger partial charge in [-0.2, -0.15) is 0 Å². The molecule has 0 amide bonds. The normalized spacial score (nSPS) is 11.6. The minimum atomic E-state index is 1.17. The number of H-pyrrole nitrogens is 2. The molecule has 0 saturated carbocycles. The van der Waals surface area contributed by atoms with E-state index in [9.17, 15) is 0 Å². The van der Waals surface area contributed by atoms with Gasteiger partial charge >= 0.3 is 0 Å². The molecule has 0 saturated heterocycles. The van der Waals surface area contributed by atoms with Crippen molar-refractivity contribution in [1.82, 2.24) is 9.97 Å². The Hall–Kier alpha value is -3.08. The summed E-state index contributed by atoms with van der Waals surface area (Å²) in [6, 6.07) is 25.7. The van der Waals surface area contributed by atoms with Crippen LogP contribution in [-0.2, 0) is 0 Å². The molecule has 0 atom stereocenters. The second-order valence-corrected chi connectivity index (χ2v) is 8.91. The average Bonchev–Trinajstić information content (AvgIpc) is 3.55. The van der Waals surface area contributed by atoms with Crippen LogP contribution in [-0.4, -0.2) is 9.97 Å². The fourth-order valence-electron chi connectivity index (χ4n) is 4.00. The van der Waals surface area contributed by atoms with Gasteiger partial charge in [-0.3, -0.25) is 0 Å². The summed E-state index contributed by atoms with van der Waals surface area (Å²) in [7, 11) is 0. The Balaban J connectivity index is 1.61. The maximum absolute atomic E-state index is 3.65. The predicted molar refractivity (Wildman–Crippen MR) is 126 cm³/mol. The zero-order chi connectivity index (χ0) is 19.2. The third-order valence-electron chi connectivity index (χ3n) is 5.32. The maximum atomic E-state index is 3.65. The molecule has 139 valence electrons. The molecule has 4 aromatic heterocycles. The molecule has 2 aromatic carbocycles. The molecule has 1 radical (unpaired) electrons. The monoisotopic (exact) mass is 409 g/mol. The first-order valence-electron chi connectivity index (χ1n) is 9.52. The first kappa shape index (κ1) is 16.8. The first-order valence-corrected chi connectivity index (χ1v) is 11.3. The van der Waals surface area contributed by atoms with Crippen LogP contribution in [0, 0.1) is 6.42 Å². The third-order valence-corrected chi connectivity index (χ3v) is 7.09. The highest BCUT2D eigenvalue weighted by atomic mass is 32.1. The fourth-order valence-corrected chi connectivity index (χ4v) is 5.48. The summed E-state index contributed by atoms with van der Waals surface area (Å²) in [4.78, 5) is 9.81. The summed E-state index contributed by atoms with van der Waals surface area (Å²) < 4.78 is 0. The summed E-state index contributed by atoms with van der Waals surface area (Å²) in [5.74, 6) is 0. The number of aromatic nitrogens is 2. The molecule has 4 heterocycles. The standard InChI is InChI=1S/C25H17N2S2/c1-3-9-20-16(7-1)18(24(26-20)22-11-5-13-28-22)15-19-17-8-2-4-10-21(17)27-25(19)23-12-6-14-29-23/h1-15,26-27H. The van der Waals surface area contributed by atoms with Crippen LogP contribution in [0.25, 0.3) is 42.9 Å². The number of para-hydroxylation sites is 2. The molecule has 29 heavy (non-hydrogen) atoms. The SMILES string of the molecule is [CH](c1c(-c2cccs2)[nH]c2ccccc12)c1c(-c2cccs2)[nH]c2ccccc12. The van der Waals surface area contributed by atoms with Gasteiger partial charge < -0.3 is 9.97 Å². The average molecular weight is 410 g/mol. The van der Waals surface area contributed by atoms with Crippen molar-refractivity contribution >= 4 is 44.5 Å². The summed E-state index contributed by atoms with van der Waals surface area (Å²) in [5, 5.41) is 6.76. The number of fused-ring (bicyclic) bond motifs is 2. The lowest BCUT2D eigenvalue weighted by Gasteiger charge is -2.06. The molecule has 0 unspecified atom stereocenters. The Morgan fingerprint density at radius 2 is 1.03 bits per heavy atom. The molecule has 2 nitrogen and oxygen atoms in total. The Bertz CT molecular complexity index is 1310. The van der Waals surface area contributed by atoms with E-state index in [1.54, 1.807) is 22.7 Å². The van der Waals surface area contributed by atoms with Gasteiger partial charge in [-0.25, -0.2) is 0 Å². The molecule has 6 rings (SSSR count). The molecule has 0 aliphatic carbocycles. The summed E-state index contributed by atoms with van der Waals surface area (Å²) in [5.41, 5.74) is 7.18. The van der Waals surface area contributed by atoms with Crippen LogP contribution < -0.4 is 0 Å². The topological polar surface area (TPSA) is 31.6 Å². The number of rotatable bonds is 4. The largest absolute Gasteiger partial charge is 0.354 e. The van der Waals surface area contributed by atoms with Crippen molar-refractivity contribution in [1.29, 1.82) is 0 Å². The van der Waals surface area contributed by atoms with E-state index in [1.165, 1.54) is 54.1 Å². The van der Waals surface area contributed by atoms with Crippen molar-refractivity contribution in [3.63, 3.8) is 0 Å². The quantitative estimate of drug-likeness (QED) is 0.299. The third kappa shape index (κ3) is 2.76. The van der Waals surface area contributed by atoms with Gasteiger partial charge in [0.25, 0.3) is 0 Å². The van der Waals surface area contributed by atoms with Crippen molar-refractivity contribution in [2.75, 3.05) is 0 Å². The second kappa shape index (κ2) is 6.76. The molecule has 0 spiro atoms. The highest BCUT2D eigenvalue weighted by Gasteiger charge is 2.20. The van der Waals surface area contributed by atoms with E-state index in [4.69, 9.17) is 0 Å². The number of hydrogen-bond donors (Lipinski definition) is 2. The Kier molecular flexibility index (Phi) is 3.93. The maximum Gasteiger partial charge on any atom is 0.0605 e. The second-order valence-electron chi connectivity index (χ2n) is 7.02. The van der Waals surface area contributed by atoms with Gasteiger partial charge in [0.05, 0.1) is 21.1 Å². The van der Waals surface area contributed by atoms with Gasteiger partial charge in [0.15, 0.2) is 0 Å². The van der Waals surface area contributed by atoms with Crippen molar-refractivity contribution in [2.45, 2.75) is 0 Å². The number of benzene rings is 2. The van der Waals surface area contributed by atoms with E-state index in [0.29, 0.717) is 0 Å². The van der Waals surface area contributed by atoms with Gasteiger partial charge in [-0.05, 0) is 46.2 Å². The minimum absolute atomic E-state index is 1.17. The molecule has 0 aliphatic rings. The van der Waals surface area contributed by atoms with Crippen LogP contribution in [0.3, 0.4) is 0 Å². The van der Waals surface area contributed by atoms with Gasteiger partial charge in [0.1, 0.15) is 0 Å². The lowest BCUT2D eigenvalue weighted by Crippen LogP contribution is -1.89. The van der Waals surface area contributed by atoms with E-state index in [-0.39, 0.29) is 0 Å². The Morgan fingerprint density at radius 1 is 0.552 bits per heavy atom. The van der Waals surface area contributed by atoms with Crippen molar-refractivity contribution in [2.24, 2.45) is 0 Å². The zero-order valence-electron chi connectivity index (χ0n) is 15.5. The fraction of sp³-hybridized carbons (Fsp3) is 0. The summed E-state index contributed by atoms with van der Waals surface area (Å²) in [6.07, 6.45) is 2.35. The minimum Gasteiger partial charge on any atom is -0.354 e. The molecule has 2 N–H and O–H groups in total. The van der Waals surface area contributed by atoms with Gasteiger partial charge in [-0.1, -0.05) is 48.5 Å². The Morgan fingerprint density at radius 3 is 1.48 bits per heavy atom. The molecule has 0 aliphatic heterocycles. The van der Waals surface area contributed by atoms with Crippen LogP contribution in [0.4, 0.5) is 0 Å². The number of aromatic amines is 2. The van der Waals surface area contributed by atoms with Crippen molar-refractivity contribution in [3.8, 4) is 21.1 Å². The predicted octanol–water partition coefficient (Wildman–Crippen LogP) is 7.71. The van der Waals surface area contributed by atoms with Crippen molar-refractivity contribution in [3.05, 3.63) is 101 Å². The molecule has 0 fully saturated rings. The van der Waals surface area contributed by atoms with E-state index < -0.39 is 0 Å². The molecule has 0 bridgehead atoms. The lowest BCUT2D eigenvalue weighted by atomic mass is 9.98. The smallest absolute Gasteiger partial charge is 0.0605 e. The summed E-state index contributed by atoms with van der Waals surface area (Å²) in [6.45, 7) is 0. The van der Waals surface area contributed by atoms with E-state index in [2.05, 4.69) is 99.9 Å². The van der Waals surface area contributed by atoms with Crippen LogP contribution in [0.2, 0.25) is 0 Å². The zero-order valence-corrected chi connectivity index (χ0v) is 17.1. The van der Waals surface area contributed by atoms with Crippen molar-refractivity contribution < 1.29 is 0 Å². The van der Waals surface area contributed by atoms with Crippen LogP contribution in [0.1, 0.15) is 11.1 Å². The number of nitrogens with one attached hydrogen (secondary N) is 2. The van der Waals surface area contributed by atoms with Crippen LogP contribution in [0.5, 0.6) is 0 Å². The molecular formula is C25H17N2S2. The number of thiophene rings is 2. The lowest BCUT2D eigenvalue weighted by molar-refractivity contribution is 1.41. The van der Waals surface area contributed by atoms with Gasteiger partial charge in [-0.15, -0.1) is 22.7 Å². The molecule has 6 aromatic rings. The van der Waals surface area contributed by atoms with Gasteiger partial charge in [0.2, 0.25) is 0 Å². The molecule has 4 heteroatoms. The Labute approximate surface area is 176 Å². The van der Waals surface area contributed by atoms with Gasteiger partial charge in [0, 0.05) is 28.2 Å². The highest BCUT2D eigenvalue weighted by Crippen LogP contribution is 2.40. The first-order chi connectivity index (χ1) is 14.4. The van der Waals surface area contributed by atoms with Crippen LogP contribution in [0.15, 0.2) is 83.6 Å².